The second-order valence-corrected chi connectivity index (χ2v) is 3.38. The van der Waals surface area contributed by atoms with Crippen molar-refractivity contribution in [1.29, 1.82) is 0 Å². The van der Waals surface area contributed by atoms with E-state index in [1.807, 2.05) is 13.8 Å². The maximum absolute atomic E-state index is 11.1. The van der Waals surface area contributed by atoms with Gasteiger partial charge in [-0.2, -0.15) is 0 Å². The van der Waals surface area contributed by atoms with Crippen molar-refractivity contribution in [3.05, 3.63) is 0 Å². The number of carboxylic acids is 1. The van der Waals surface area contributed by atoms with Crippen molar-refractivity contribution in [2.24, 2.45) is 0 Å². The average Bonchev–Trinajstić information content (AvgIpc) is 2.20. The number of hydrogen-bond acceptors (Lipinski definition) is 3. The Bertz CT molecular complexity index is 206. The predicted molar refractivity (Wildman–Crippen MR) is 55.6 cm³/mol. The monoisotopic (exact) mass is 217 g/mol. The molecule has 0 aromatic heterocycles. The molecule has 1 amide bonds. The molecular formula is C10H19NO4. The number of rotatable bonds is 8. The van der Waals surface area contributed by atoms with Crippen LogP contribution in [0.2, 0.25) is 0 Å². The Labute approximate surface area is 89.8 Å². The van der Waals surface area contributed by atoms with E-state index in [1.54, 1.807) is 0 Å². The summed E-state index contributed by atoms with van der Waals surface area (Å²) in [7, 11) is 0. The van der Waals surface area contributed by atoms with Crippen molar-refractivity contribution < 1.29 is 19.4 Å². The summed E-state index contributed by atoms with van der Waals surface area (Å²) in [5.41, 5.74) is 0. The van der Waals surface area contributed by atoms with Gasteiger partial charge in [-0.1, -0.05) is 6.92 Å². The third-order valence-corrected chi connectivity index (χ3v) is 1.96. The molecule has 0 aliphatic heterocycles. The Hall–Kier alpha value is -1.10. The van der Waals surface area contributed by atoms with Crippen LogP contribution in [0, 0.1) is 0 Å². The summed E-state index contributed by atoms with van der Waals surface area (Å²) < 4.78 is 5.20. The van der Waals surface area contributed by atoms with Crippen LogP contribution in [0.15, 0.2) is 0 Å². The van der Waals surface area contributed by atoms with Crippen molar-refractivity contribution in [1.82, 2.24) is 5.32 Å². The largest absolute Gasteiger partial charge is 0.481 e. The van der Waals surface area contributed by atoms with Gasteiger partial charge in [0.25, 0.3) is 0 Å². The van der Waals surface area contributed by atoms with E-state index in [1.165, 1.54) is 0 Å². The molecule has 88 valence electrons. The second-order valence-electron chi connectivity index (χ2n) is 3.38. The van der Waals surface area contributed by atoms with Crippen LogP contribution in [-0.4, -0.2) is 36.2 Å². The van der Waals surface area contributed by atoms with Crippen molar-refractivity contribution in [3.8, 4) is 0 Å². The van der Waals surface area contributed by atoms with E-state index in [0.717, 1.165) is 6.42 Å². The number of carbonyl (C=O) groups is 2. The summed E-state index contributed by atoms with van der Waals surface area (Å²) in [4.78, 5) is 21.3. The predicted octanol–water partition coefficient (Wildman–Crippen LogP) is 0.782. The molecule has 1 atom stereocenters. The van der Waals surface area contributed by atoms with Gasteiger partial charge in [0.1, 0.15) is 6.61 Å². The Morgan fingerprint density at radius 1 is 1.47 bits per heavy atom. The SMILES string of the molecule is CCC(C)OCC(=O)NCCCC(=O)O. The second kappa shape index (κ2) is 8.23. The standard InChI is InChI=1S/C10H19NO4/c1-3-8(2)15-7-9(12)11-6-4-5-10(13)14/h8H,3-7H2,1-2H3,(H,11,12)(H,13,14). The maximum Gasteiger partial charge on any atom is 0.303 e. The molecular weight excluding hydrogens is 198 g/mol. The smallest absolute Gasteiger partial charge is 0.303 e. The van der Waals surface area contributed by atoms with Gasteiger partial charge in [-0.15, -0.1) is 0 Å². The lowest BCUT2D eigenvalue weighted by Gasteiger charge is -2.10. The zero-order valence-electron chi connectivity index (χ0n) is 9.28. The van der Waals surface area contributed by atoms with E-state index < -0.39 is 5.97 Å². The molecule has 0 radical (unpaired) electrons. The van der Waals surface area contributed by atoms with Crippen LogP contribution in [0.1, 0.15) is 33.1 Å². The lowest BCUT2D eigenvalue weighted by molar-refractivity contribution is -0.137. The molecule has 0 fully saturated rings. The van der Waals surface area contributed by atoms with Gasteiger partial charge >= 0.3 is 5.97 Å². The number of ether oxygens (including phenoxy) is 1. The van der Waals surface area contributed by atoms with E-state index in [4.69, 9.17) is 9.84 Å². The van der Waals surface area contributed by atoms with Gasteiger partial charge in [0.05, 0.1) is 6.10 Å². The van der Waals surface area contributed by atoms with E-state index in [-0.39, 0.29) is 25.0 Å². The summed E-state index contributed by atoms with van der Waals surface area (Å²) in [6.45, 7) is 4.31. The number of nitrogens with one attached hydrogen (secondary N) is 1. The normalized spacial score (nSPS) is 12.1. The van der Waals surface area contributed by atoms with Gasteiger partial charge in [0, 0.05) is 13.0 Å². The zero-order valence-corrected chi connectivity index (χ0v) is 9.28. The molecule has 1 unspecified atom stereocenters. The molecule has 0 saturated heterocycles. The summed E-state index contributed by atoms with van der Waals surface area (Å²) in [5.74, 6) is -1.04. The molecule has 0 aliphatic rings. The van der Waals surface area contributed by atoms with E-state index in [0.29, 0.717) is 13.0 Å². The van der Waals surface area contributed by atoms with E-state index in [9.17, 15) is 9.59 Å². The van der Waals surface area contributed by atoms with Gasteiger partial charge in [0.2, 0.25) is 5.91 Å². The van der Waals surface area contributed by atoms with Crippen molar-refractivity contribution >= 4 is 11.9 Å². The fourth-order valence-corrected chi connectivity index (χ4v) is 0.854. The molecule has 0 rings (SSSR count). The van der Waals surface area contributed by atoms with Gasteiger partial charge in [-0.05, 0) is 19.8 Å². The Morgan fingerprint density at radius 3 is 2.67 bits per heavy atom. The number of amides is 1. The Balaban J connectivity index is 3.37. The zero-order chi connectivity index (χ0) is 11.7. The van der Waals surface area contributed by atoms with Gasteiger partial charge in [0.15, 0.2) is 0 Å². The molecule has 0 bridgehead atoms. The lowest BCUT2D eigenvalue weighted by atomic mass is 10.3. The highest BCUT2D eigenvalue weighted by molar-refractivity contribution is 5.77. The molecule has 0 aromatic rings. The minimum Gasteiger partial charge on any atom is -0.481 e. The first-order valence-corrected chi connectivity index (χ1v) is 5.16. The van der Waals surface area contributed by atoms with Crippen molar-refractivity contribution in [2.45, 2.75) is 39.2 Å². The van der Waals surface area contributed by atoms with Crippen LogP contribution >= 0.6 is 0 Å². The molecule has 2 N–H and O–H groups in total. The number of carbonyl (C=O) groups excluding carboxylic acids is 1. The van der Waals surface area contributed by atoms with Crippen LogP contribution in [-0.2, 0) is 14.3 Å². The quantitative estimate of drug-likeness (QED) is 0.589. The molecule has 15 heavy (non-hydrogen) atoms. The van der Waals surface area contributed by atoms with Crippen molar-refractivity contribution in [3.63, 3.8) is 0 Å². The first-order valence-electron chi connectivity index (χ1n) is 5.16. The topological polar surface area (TPSA) is 75.6 Å². The Kier molecular flexibility index (Phi) is 7.62. The van der Waals surface area contributed by atoms with Crippen LogP contribution in [0.3, 0.4) is 0 Å². The van der Waals surface area contributed by atoms with Crippen LogP contribution in [0.25, 0.3) is 0 Å². The van der Waals surface area contributed by atoms with Gasteiger partial charge < -0.3 is 15.2 Å². The van der Waals surface area contributed by atoms with Crippen LogP contribution < -0.4 is 5.32 Å². The highest BCUT2D eigenvalue weighted by atomic mass is 16.5. The average molecular weight is 217 g/mol. The lowest BCUT2D eigenvalue weighted by Crippen LogP contribution is -2.30. The molecule has 0 spiro atoms. The van der Waals surface area contributed by atoms with Crippen LogP contribution in [0.5, 0.6) is 0 Å². The van der Waals surface area contributed by atoms with Gasteiger partial charge in [-0.3, -0.25) is 9.59 Å². The highest BCUT2D eigenvalue weighted by Gasteiger charge is 2.04. The third-order valence-electron chi connectivity index (χ3n) is 1.96. The number of carboxylic acid groups (broad SMARTS) is 1. The third kappa shape index (κ3) is 9.21. The maximum atomic E-state index is 11.1. The summed E-state index contributed by atoms with van der Waals surface area (Å²) in [5, 5.41) is 10.9. The first kappa shape index (κ1) is 13.9. The summed E-state index contributed by atoms with van der Waals surface area (Å²) in [6, 6.07) is 0. The van der Waals surface area contributed by atoms with E-state index in [2.05, 4.69) is 5.32 Å². The first-order chi connectivity index (χ1) is 7.06. The van der Waals surface area contributed by atoms with Crippen molar-refractivity contribution in [2.75, 3.05) is 13.2 Å². The fraction of sp³-hybridized carbons (Fsp3) is 0.800. The molecule has 0 heterocycles. The fourth-order valence-electron chi connectivity index (χ4n) is 0.854. The van der Waals surface area contributed by atoms with Crippen LogP contribution in [0.4, 0.5) is 0 Å². The van der Waals surface area contributed by atoms with Gasteiger partial charge in [-0.25, -0.2) is 0 Å². The molecule has 5 heteroatoms. The molecule has 0 aliphatic carbocycles. The highest BCUT2D eigenvalue weighted by Crippen LogP contribution is 1.94. The minimum absolute atomic E-state index is 0.0437. The summed E-state index contributed by atoms with van der Waals surface area (Å²) >= 11 is 0. The minimum atomic E-state index is -0.847. The van der Waals surface area contributed by atoms with E-state index >= 15 is 0 Å². The number of aliphatic carboxylic acids is 1. The molecule has 0 aromatic carbocycles. The number of hydrogen-bond donors (Lipinski definition) is 2. The Morgan fingerprint density at radius 2 is 2.13 bits per heavy atom. The molecule has 0 saturated carbocycles. The molecule has 5 nitrogen and oxygen atoms in total. The summed E-state index contributed by atoms with van der Waals surface area (Å²) in [6.07, 6.45) is 1.47.